The monoisotopic (exact) mass is 373 g/mol. The molecular formula is C21H24FNO2S. The molecule has 1 aliphatic rings. The van der Waals surface area contributed by atoms with Crippen molar-refractivity contribution in [3.63, 3.8) is 0 Å². The van der Waals surface area contributed by atoms with Gasteiger partial charge in [0.25, 0.3) is 0 Å². The summed E-state index contributed by atoms with van der Waals surface area (Å²) in [6.45, 7) is 0. The molecule has 0 radical (unpaired) electrons. The fourth-order valence-electron chi connectivity index (χ4n) is 3.38. The second-order valence-electron chi connectivity index (χ2n) is 6.79. The van der Waals surface area contributed by atoms with Crippen LogP contribution < -0.4 is 0 Å². The number of carboxylic acid groups (broad SMARTS) is 1. The van der Waals surface area contributed by atoms with Crippen molar-refractivity contribution >= 4 is 17.7 Å². The van der Waals surface area contributed by atoms with Gasteiger partial charge in [-0.2, -0.15) is 0 Å². The van der Waals surface area contributed by atoms with Crippen molar-refractivity contribution in [3.05, 3.63) is 47.9 Å². The van der Waals surface area contributed by atoms with E-state index in [-0.39, 0.29) is 12.2 Å². The van der Waals surface area contributed by atoms with E-state index in [4.69, 9.17) is 5.11 Å². The fourth-order valence-corrected chi connectivity index (χ4v) is 4.70. The number of pyridine rings is 1. The molecule has 3 rings (SSSR count). The van der Waals surface area contributed by atoms with Gasteiger partial charge in [0.05, 0.1) is 0 Å². The summed E-state index contributed by atoms with van der Waals surface area (Å²) < 4.78 is 14.5. The molecule has 0 spiro atoms. The number of thioether (sulfide) groups is 1. The maximum absolute atomic E-state index is 14.5. The first-order valence-electron chi connectivity index (χ1n) is 9.26. The zero-order valence-electron chi connectivity index (χ0n) is 14.8. The molecule has 1 N–H and O–H groups in total. The molecule has 3 nitrogen and oxygen atoms in total. The zero-order chi connectivity index (χ0) is 18.4. The number of nitrogens with zero attached hydrogens (tertiary/aromatic N) is 1. The highest BCUT2D eigenvalue weighted by molar-refractivity contribution is 8.00. The van der Waals surface area contributed by atoms with Gasteiger partial charge in [-0.1, -0.05) is 31.0 Å². The second-order valence-corrected chi connectivity index (χ2v) is 8.08. The molecule has 1 aliphatic carbocycles. The van der Waals surface area contributed by atoms with Crippen LogP contribution in [0, 0.1) is 5.82 Å². The Morgan fingerprint density at radius 3 is 2.77 bits per heavy atom. The Bertz CT molecular complexity index is 759. The van der Waals surface area contributed by atoms with Crippen LogP contribution in [0.1, 0.15) is 50.5 Å². The molecule has 0 bridgehead atoms. The maximum atomic E-state index is 14.5. The largest absolute Gasteiger partial charge is 0.481 e. The summed E-state index contributed by atoms with van der Waals surface area (Å²) in [6.07, 6.45) is 8.77. The van der Waals surface area contributed by atoms with Crippen LogP contribution in [-0.4, -0.2) is 21.3 Å². The van der Waals surface area contributed by atoms with E-state index in [1.165, 1.54) is 25.7 Å². The number of hydrogen-bond acceptors (Lipinski definition) is 3. The van der Waals surface area contributed by atoms with E-state index in [0.29, 0.717) is 30.1 Å². The minimum atomic E-state index is -0.801. The summed E-state index contributed by atoms with van der Waals surface area (Å²) in [7, 11) is 0. The lowest BCUT2D eigenvalue weighted by Crippen LogP contribution is -1.98. The summed E-state index contributed by atoms with van der Waals surface area (Å²) in [5.74, 6) is -1.02. The Kier molecular flexibility index (Phi) is 6.67. The first kappa shape index (κ1) is 18.9. The van der Waals surface area contributed by atoms with Crippen molar-refractivity contribution in [2.45, 2.75) is 61.6 Å². The van der Waals surface area contributed by atoms with Crippen molar-refractivity contribution in [2.24, 2.45) is 0 Å². The van der Waals surface area contributed by atoms with Crippen LogP contribution in [0.25, 0.3) is 11.1 Å². The van der Waals surface area contributed by atoms with E-state index < -0.39 is 5.97 Å². The standard InChI is InChI=1S/C21H24FNO2S/c22-19-14-16(12-11-15(19)6-1-4-10-20(24)25)18-9-5-13-23-21(18)26-17-7-2-3-8-17/h5,9,11-14,17H,1-4,6-8,10H2,(H,24,25). The van der Waals surface area contributed by atoms with Crippen LogP contribution in [-0.2, 0) is 11.2 Å². The molecule has 1 fully saturated rings. The summed E-state index contributed by atoms with van der Waals surface area (Å²) in [6, 6.07) is 9.26. The molecule has 138 valence electrons. The highest BCUT2D eigenvalue weighted by Crippen LogP contribution is 2.38. The summed E-state index contributed by atoms with van der Waals surface area (Å²) in [5.41, 5.74) is 2.49. The molecule has 0 unspecified atom stereocenters. The van der Waals surface area contributed by atoms with E-state index in [0.717, 1.165) is 16.2 Å². The van der Waals surface area contributed by atoms with E-state index in [1.807, 2.05) is 36.0 Å². The topological polar surface area (TPSA) is 50.2 Å². The minimum absolute atomic E-state index is 0.136. The van der Waals surface area contributed by atoms with Crippen LogP contribution in [0.5, 0.6) is 0 Å². The van der Waals surface area contributed by atoms with Crippen molar-refractivity contribution in [1.29, 1.82) is 0 Å². The Hall–Kier alpha value is -1.88. The lowest BCUT2D eigenvalue weighted by Gasteiger charge is -2.13. The van der Waals surface area contributed by atoms with Gasteiger partial charge in [0.1, 0.15) is 10.8 Å². The predicted octanol–water partition coefficient (Wildman–Crippen LogP) is 5.72. The van der Waals surface area contributed by atoms with Crippen LogP contribution in [0.4, 0.5) is 4.39 Å². The molecule has 1 aromatic heterocycles. The zero-order valence-corrected chi connectivity index (χ0v) is 15.6. The lowest BCUT2D eigenvalue weighted by molar-refractivity contribution is -0.137. The van der Waals surface area contributed by atoms with Gasteiger partial charge in [0.2, 0.25) is 0 Å². The van der Waals surface area contributed by atoms with E-state index >= 15 is 0 Å². The molecule has 0 aliphatic heterocycles. The second kappa shape index (κ2) is 9.17. The van der Waals surface area contributed by atoms with Crippen LogP contribution >= 0.6 is 11.8 Å². The number of aliphatic carboxylic acids is 1. The average Bonchev–Trinajstić information content (AvgIpc) is 3.13. The van der Waals surface area contributed by atoms with Crippen LogP contribution in [0.3, 0.4) is 0 Å². The molecular weight excluding hydrogens is 349 g/mol. The molecule has 0 amide bonds. The third-order valence-electron chi connectivity index (χ3n) is 4.80. The van der Waals surface area contributed by atoms with Crippen LogP contribution in [0.2, 0.25) is 0 Å². The van der Waals surface area contributed by atoms with Gasteiger partial charge >= 0.3 is 5.97 Å². The van der Waals surface area contributed by atoms with Gasteiger partial charge in [0.15, 0.2) is 0 Å². The smallest absolute Gasteiger partial charge is 0.303 e. The van der Waals surface area contributed by atoms with Gasteiger partial charge in [-0.25, -0.2) is 9.37 Å². The highest BCUT2D eigenvalue weighted by atomic mass is 32.2. The van der Waals surface area contributed by atoms with E-state index in [2.05, 4.69) is 4.98 Å². The Balaban J connectivity index is 1.71. The highest BCUT2D eigenvalue weighted by Gasteiger charge is 2.19. The molecule has 2 aromatic rings. The van der Waals surface area contributed by atoms with Gasteiger partial charge in [-0.3, -0.25) is 4.79 Å². The number of hydrogen-bond donors (Lipinski definition) is 1. The third kappa shape index (κ3) is 5.07. The van der Waals surface area contributed by atoms with E-state index in [9.17, 15) is 9.18 Å². The normalized spacial score (nSPS) is 14.7. The third-order valence-corrected chi connectivity index (χ3v) is 6.16. The number of aromatic nitrogens is 1. The molecule has 0 atom stereocenters. The summed E-state index contributed by atoms with van der Waals surface area (Å²) in [5, 5.41) is 10.3. The van der Waals surface area contributed by atoms with Gasteiger partial charge < -0.3 is 5.11 Å². The molecule has 1 saturated carbocycles. The number of carboxylic acids is 1. The maximum Gasteiger partial charge on any atom is 0.303 e. The van der Waals surface area contributed by atoms with Gasteiger partial charge in [-0.15, -0.1) is 11.8 Å². The number of aryl methyl sites for hydroxylation is 1. The van der Waals surface area contributed by atoms with Crippen molar-refractivity contribution in [2.75, 3.05) is 0 Å². The van der Waals surface area contributed by atoms with E-state index in [1.54, 1.807) is 12.3 Å². The van der Waals surface area contributed by atoms with Crippen LogP contribution in [0.15, 0.2) is 41.6 Å². The molecule has 5 heteroatoms. The lowest BCUT2D eigenvalue weighted by atomic mass is 10.0. The van der Waals surface area contributed by atoms with Crippen molar-refractivity contribution in [3.8, 4) is 11.1 Å². The Morgan fingerprint density at radius 1 is 1.23 bits per heavy atom. The SMILES string of the molecule is O=C(O)CCCCc1ccc(-c2cccnc2SC2CCCC2)cc1F. The Morgan fingerprint density at radius 2 is 2.04 bits per heavy atom. The summed E-state index contributed by atoms with van der Waals surface area (Å²) >= 11 is 1.81. The minimum Gasteiger partial charge on any atom is -0.481 e. The van der Waals surface area contributed by atoms with Crippen molar-refractivity contribution in [1.82, 2.24) is 4.98 Å². The first-order chi connectivity index (χ1) is 12.6. The predicted molar refractivity (Wildman–Crippen MR) is 103 cm³/mol. The first-order valence-corrected chi connectivity index (χ1v) is 10.1. The number of halogens is 1. The molecule has 1 heterocycles. The van der Waals surface area contributed by atoms with Gasteiger partial charge in [-0.05, 0) is 55.4 Å². The Labute approximate surface area is 158 Å². The quantitative estimate of drug-likeness (QED) is 0.601. The number of rotatable bonds is 8. The number of carbonyl (C=O) groups is 1. The molecule has 0 saturated heterocycles. The fraction of sp³-hybridized carbons (Fsp3) is 0.429. The average molecular weight is 373 g/mol. The summed E-state index contributed by atoms with van der Waals surface area (Å²) in [4.78, 5) is 15.1. The van der Waals surface area contributed by atoms with Crippen molar-refractivity contribution < 1.29 is 14.3 Å². The number of unbranched alkanes of at least 4 members (excludes halogenated alkanes) is 1. The van der Waals surface area contributed by atoms with Gasteiger partial charge in [0, 0.05) is 23.4 Å². The molecule has 26 heavy (non-hydrogen) atoms. The molecule has 1 aromatic carbocycles. The number of benzene rings is 1.